The number of aromatic nitrogens is 2. The molecule has 3 rings (SSSR count). The topological polar surface area (TPSA) is 55.1 Å². The quantitative estimate of drug-likeness (QED) is 0.718. The average molecular weight is 345 g/mol. The number of aryl methyl sites for hydroxylation is 1. The Morgan fingerprint density at radius 2 is 2.12 bits per heavy atom. The lowest BCUT2D eigenvalue weighted by Gasteiger charge is -2.06. The Bertz CT molecular complexity index is 963. The van der Waals surface area contributed by atoms with Gasteiger partial charge in [0.15, 0.2) is 0 Å². The molecule has 3 aromatic rings. The van der Waals surface area contributed by atoms with Crippen LogP contribution in [0.3, 0.4) is 0 Å². The molecule has 0 amide bonds. The highest BCUT2D eigenvalue weighted by atomic mass is 35.5. The van der Waals surface area contributed by atoms with Gasteiger partial charge < -0.3 is 5.11 Å². The smallest absolute Gasteiger partial charge is 0.328 e. The van der Waals surface area contributed by atoms with Crippen molar-refractivity contribution in [1.29, 1.82) is 0 Å². The SMILES string of the molecule is Cc1ccc2c(C=CC(=O)O)nn(Cc3ccc(F)cc3Cl)c2c1. The van der Waals surface area contributed by atoms with Gasteiger partial charge in [0.1, 0.15) is 5.82 Å². The van der Waals surface area contributed by atoms with Gasteiger partial charge in [-0.3, -0.25) is 4.68 Å². The van der Waals surface area contributed by atoms with Crippen LogP contribution < -0.4 is 0 Å². The van der Waals surface area contributed by atoms with Gasteiger partial charge in [-0.1, -0.05) is 29.8 Å². The van der Waals surface area contributed by atoms with Gasteiger partial charge in [-0.25, -0.2) is 9.18 Å². The zero-order valence-electron chi connectivity index (χ0n) is 12.8. The molecular weight excluding hydrogens is 331 g/mol. The summed E-state index contributed by atoms with van der Waals surface area (Å²) in [5.41, 5.74) is 3.21. The molecule has 0 bridgehead atoms. The molecule has 0 atom stereocenters. The van der Waals surface area contributed by atoms with E-state index in [-0.39, 0.29) is 0 Å². The summed E-state index contributed by atoms with van der Waals surface area (Å²) in [4.78, 5) is 10.8. The number of carbonyl (C=O) groups is 1. The van der Waals surface area contributed by atoms with E-state index < -0.39 is 11.8 Å². The van der Waals surface area contributed by atoms with E-state index >= 15 is 0 Å². The monoisotopic (exact) mass is 344 g/mol. The first kappa shape index (κ1) is 16.2. The van der Waals surface area contributed by atoms with E-state index in [4.69, 9.17) is 16.7 Å². The Hall–Kier alpha value is -2.66. The van der Waals surface area contributed by atoms with Gasteiger partial charge in [-0.15, -0.1) is 0 Å². The zero-order valence-corrected chi connectivity index (χ0v) is 13.6. The van der Waals surface area contributed by atoms with Gasteiger partial charge in [-0.2, -0.15) is 5.10 Å². The highest BCUT2D eigenvalue weighted by molar-refractivity contribution is 6.31. The van der Waals surface area contributed by atoms with Crippen LogP contribution in [0.25, 0.3) is 17.0 Å². The second kappa shape index (κ2) is 6.45. The molecule has 0 aliphatic heterocycles. The molecule has 0 unspecified atom stereocenters. The third-order valence-electron chi connectivity index (χ3n) is 3.65. The van der Waals surface area contributed by atoms with Crippen LogP contribution in [0.2, 0.25) is 5.02 Å². The number of nitrogens with zero attached hydrogens (tertiary/aromatic N) is 2. The number of carboxylic acid groups (broad SMARTS) is 1. The predicted molar refractivity (Wildman–Crippen MR) is 91.7 cm³/mol. The van der Waals surface area contributed by atoms with Gasteiger partial charge in [0.25, 0.3) is 0 Å². The maximum Gasteiger partial charge on any atom is 0.328 e. The Labute approximate surface area is 142 Å². The number of aliphatic carboxylic acids is 1. The second-order valence-corrected chi connectivity index (χ2v) is 5.88. The van der Waals surface area contributed by atoms with E-state index in [1.54, 1.807) is 10.7 Å². The minimum Gasteiger partial charge on any atom is -0.478 e. The standard InChI is InChI=1S/C18H14ClFN2O2/c1-11-2-5-14-16(6-7-18(23)24)21-22(17(14)8-11)10-12-3-4-13(20)9-15(12)19/h2-9H,10H2,1H3,(H,23,24). The summed E-state index contributed by atoms with van der Waals surface area (Å²) in [6.45, 7) is 2.33. The van der Waals surface area contributed by atoms with Gasteiger partial charge in [0.05, 0.1) is 17.8 Å². The Morgan fingerprint density at radius 1 is 1.33 bits per heavy atom. The molecule has 6 heteroatoms. The number of halogens is 2. The van der Waals surface area contributed by atoms with Crippen molar-refractivity contribution in [3.63, 3.8) is 0 Å². The van der Waals surface area contributed by atoms with Crippen LogP contribution in [0.4, 0.5) is 4.39 Å². The fourth-order valence-corrected chi connectivity index (χ4v) is 2.74. The highest BCUT2D eigenvalue weighted by Crippen LogP contribution is 2.24. The number of rotatable bonds is 4. The second-order valence-electron chi connectivity index (χ2n) is 5.47. The molecule has 0 aliphatic carbocycles. The Balaban J connectivity index is 2.09. The Morgan fingerprint density at radius 3 is 2.83 bits per heavy atom. The number of benzene rings is 2. The molecule has 0 radical (unpaired) electrons. The van der Waals surface area contributed by atoms with E-state index in [0.717, 1.165) is 28.1 Å². The molecule has 24 heavy (non-hydrogen) atoms. The molecule has 122 valence electrons. The Kier molecular flexibility index (Phi) is 4.36. The van der Waals surface area contributed by atoms with Crippen molar-refractivity contribution in [3.05, 3.63) is 70.1 Å². The normalized spacial score (nSPS) is 11.5. The number of fused-ring (bicyclic) bond motifs is 1. The van der Waals surface area contributed by atoms with Gasteiger partial charge in [0, 0.05) is 16.5 Å². The lowest BCUT2D eigenvalue weighted by molar-refractivity contribution is -0.131. The summed E-state index contributed by atoms with van der Waals surface area (Å²) in [6, 6.07) is 10.0. The molecule has 0 spiro atoms. The third-order valence-corrected chi connectivity index (χ3v) is 4.01. The fraction of sp³-hybridized carbons (Fsp3) is 0.111. The van der Waals surface area contributed by atoms with Crippen LogP contribution >= 0.6 is 11.6 Å². The molecule has 1 aromatic heterocycles. The van der Waals surface area contributed by atoms with E-state index in [1.165, 1.54) is 18.2 Å². The van der Waals surface area contributed by atoms with E-state index in [0.29, 0.717) is 17.3 Å². The van der Waals surface area contributed by atoms with Crippen LogP contribution in [0.5, 0.6) is 0 Å². The fourth-order valence-electron chi connectivity index (χ4n) is 2.51. The average Bonchev–Trinajstić information content (AvgIpc) is 2.85. The van der Waals surface area contributed by atoms with Crippen LogP contribution in [0.1, 0.15) is 16.8 Å². The lowest BCUT2D eigenvalue weighted by Crippen LogP contribution is -2.03. The summed E-state index contributed by atoms with van der Waals surface area (Å²) in [5.74, 6) is -1.43. The van der Waals surface area contributed by atoms with Crippen molar-refractivity contribution in [2.24, 2.45) is 0 Å². The maximum absolute atomic E-state index is 13.2. The minimum atomic E-state index is -1.04. The molecule has 1 heterocycles. The molecule has 0 fully saturated rings. The summed E-state index contributed by atoms with van der Waals surface area (Å²) in [5, 5.41) is 14.5. The van der Waals surface area contributed by atoms with E-state index in [9.17, 15) is 9.18 Å². The summed E-state index contributed by atoms with van der Waals surface area (Å²) >= 11 is 6.10. The first-order valence-corrected chi connectivity index (χ1v) is 7.64. The molecular formula is C18H14ClFN2O2. The summed E-state index contributed by atoms with van der Waals surface area (Å²) < 4.78 is 14.9. The summed E-state index contributed by atoms with van der Waals surface area (Å²) in [7, 11) is 0. The zero-order chi connectivity index (χ0) is 17.3. The molecule has 4 nitrogen and oxygen atoms in total. The number of hydrogen-bond donors (Lipinski definition) is 1. The van der Waals surface area contributed by atoms with Crippen molar-refractivity contribution in [3.8, 4) is 0 Å². The highest BCUT2D eigenvalue weighted by Gasteiger charge is 2.11. The number of hydrogen-bond acceptors (Lipinski definition) is 2. The molecule has 0 aliphatic rings. The van der Waals surface area contributed by atoms with Crippen molar-refractivity contribution < 1.29 is 14.3 Å². The first-order valence-electron chi connectivity index (χ1n) is 7.26. The maximum atomic E-state index is 13.2. The van der Waals surface area contributed by atoms with Crippen LogP contribution in [0.15, 0.2) is 42.5 Å². The van der Waals surface area contributed by atoms with Gasteiger partial charge in [-0.05, 0) is 42.3 Å². The van der Waals surface area contributed by atoms with Crippen molar-refractivity contribution >= 4 is 34.5 Å². The largest absolute Gasteiger partial charge is 0.478 e. The third kappa shape index (κ3) is 3.31. The predicted octanol–water partition coefficient (Wildman–Crippen LogP) is 4.28. The van der Waals surface area contributed by atoms with Crippen molar-refractivity contribution in [2.75, 3.05) is 0 Å². The van der Waals surface area contributed by atoms with Gasteiger partial charge >= 0.3 is 5.97 Å². The summed E-state index contributed by atoms with van der Waals surface area (Å²) in [6.07, 6.45) is 2.51. The molecule has 1 N–H and O–H groups in total. The van der Waals surface area contributed by atoms with Crippen molar-refractivity contribution in [2.45, 2.75) is 13.5 Å². The van der Waals surface area contributed by atoms with Crippen molar-refractivity contribution in [1.82, 2.24) is 9.78 Å². The van der Waals surface area contributed by atoms with Gasteiger partial charge in [0.2, 0.25) is 0 Å². The van der Waals surface area contributed by atoms with Crippen LogP contribution in [-0.4, -0.2) is 20.9 Å². The molecule has 0 saturated carbocycles. The van der Waals surface area contributed by atoms with Crippen LogP contribution in [0, 0.1) is 12.7 Å². The minimum absolute atomic E-state index is 0.328. The lowest BCUT2D eigenvalue weighted by atomic mass is 10.1. The molecule has 0 saturated heterocycles. The number of carboxylic acids is 1. The van der Waals surface area contributed by atoms with E-state index in [1.807, 2.05) is 25.1 Å². The first-order chi connectivity index (χ1) is 11.4. The van der Waals surface area contributed by atoms with E-state index in [2.05, 4.69) is 5.10 Å². The van der Waals surface area contributed by atoms with Crippen LogP contribution in [-0.2, 0) is 11.3 Å². The molecule has 2 aromatic carbocycles.